The minimum atomic E-state index is -0.937. The number of halogens is 3. The zero-order chi connectivity index (χ0) is 16.2. The fraction of sp³-hybridized carbons (Fsp3) is 0.0625. The van der Waals surface area contributed by atoms with E-state index < -0.39 is 17.5 Å². The fourth-order valence-electron chi connectivity index (χ4n) is 1.90. The second kappa shape index (κ2) is 6.78. The van der Waals surface area contributed by atoms with Crippen molar-refractivity contribution in [2.45, 2.75) is 10.8 Å². The predicted molar refractivity (Wildman–Crippen MR) is 81.1 cm³/mol. The average molecular weight is 333 g/mol. The van der Waals surface area contributed by atoms with E-state index in [0.717, 1.165) is 11.8 Å². The molecular weight excluding hydrogens is 323 g/mol. The smallest absolute Gasteiger partial charge is 0.133 e. The van der Waals surface area contributed by atoms with Crippen molar-refractivity contribution in [1.29, 1.82) is 0 Å². The summed E-state index contributed by atoms with van der Waals surface area (Å²) in [5.74, 6) is -2.76. The van der Waals surface area contributed by atoms with Gasteiger partial charge in [0.05, 0.1) is 5.69 Å². The highest BCUT2D eigenvalue weighted by molar-refractivity contribution is 7.98. The van der Waals surface area contributed by atoms with E-state index >= 15 is 0 Å². The summed E-state index contributed by atoms with van der Waals surface area (Å²) in [5, 5.41) is 8.55. The van der Waals surface area contributed by atoms with Crippen molar-refractivity contribution in [3.8, 4) is 11.4 Å². The molecule has 3 rings (SSSR count). The van der Waals surface area contributed by atoms with Crippen LogP contribution >= 0.6 is 11.8 Å². The molecule has 2 aromatic heterocycles. The quantitative estimate of drug-likeness (QED) is 0.669. The number of pyridine rings is 1. The Hall–Kier alpha value is -2.41. The third-order valence-electron chi connectivity index (χ3n) is 3.04. The fourth-order valence-corrected chi connectivity index (χ4v) is 2.73. The lowest BCUT2D eigenvalue weighted by molar-refractivity contribution is 0.531. The van der Waals surface area contributed by atoms with Crippen LogP contribution in [0.4, 0.5) is 13.2 Å². The summed E-state index contributed by atoms with van der Waals surface area (Å²) >= 11 is 1.12. The first-order chi connectivity index (χ1) is 11.1. The highest BCUT2D eigenvalue weighted by Gasteiger charge is 2.12. The molecule has 0 saturated carbocycles. The number of hydrogen-bond donors (Lipinski definition) is 0. The Kier molecular flexibility index (Phi) is 4.57. The van der Waals surface area contributed by atoms with Gasteiger partial charge in [-0.2, -0.15) is 0 Å². The SMILES string of the molecule is Fc1cc(F)c(CSc2ccc(-c3ccccn3)nn2)c(F)c1. The van der Waals surface area contributed by atoms with Crippen molar-refractivity contribution >= 4 is 11.8 Å². The van der Waals surface area contributed by atoms with Gasteiger partial charge in [0.2, 0.25) is 0 Å². The van der Waals surface area contributed by atoms with Crippen molar-refractivity contribution in [2.75, 3.05) is 0 Å². The highest BCUT2D eigenvalue weighted by atomic mass is 32.2. The Morgan fingerprint density at radius 1 is 0.870 bits per heavy atom. The van der Waals surface area contributed by atoms with Gasteiger partial charge >= 0.3 is 0 Å². The molecule has 7 heteroatoms. The lowest BCUT2D eigenvalue weighted by Crippen LogP contribution is -1.96. The zero-order valence-corrected chi connectivity index (χ0v) is 12.5. The zero-order valence-electron chi connectivity index (χ0n) is 11.7. The highest BCUT2D eigenvalue weighted by Crippen LogP contribution is 2.25. The molecule has 0 amide bonds. The summed E-state index contributed by atoms with van der Waals surface area (Å²) < 4.78 is 40.0. The van der Waals surface area contributed by atoms with E-state index in [0.29, 0.717) is 28.5 Å². The van der Waals surface area contributed by atoms with Crippen LogP contribution < -0.4 is 0 Å². The maximum absolute atomic E-state index is 13.6. The van der Waals surface area contributed by atoms with Gasteiger partial charge in [-0.25, -0.2) is 13.2 Å². The number of benzene rings is 1. The van der Waals surface area contributed by atoms with Crippen LogP contribution in [0, 0.1) is 17.5 Å². The maximum atomic E-state index is 13.6. The molecule has 23 heavy (non-hydrogen) atoms. The van der Waals surface area contributed by atoms with Crippen LogP contribution in [-0.4, -0.2) is 15.2 Å². The molecule has 0 aliphatic carbocycles. The van der Waals surface area contributed by atoms with Gasteiger partial charge in [0.25, 0.3) is 0 Å². The molecular formula is C16H10F3N3S. The van der Waals surface area contributed by atoms with Gasteiger partial charge in [-0.1, -0.05) is 17.8 Å². The Morgan fingerprint density at radius 2 is 1.65 bits per heavy atom. The van der Waals surface area contributed by atoms with E-state index in [2.05, 4.69) is 15.2 Å². The minimum Gasteiger partial charge on any atom is -0.255 e. The summed E-state index contributed by atoms with van der Waals surface area (Å²) in [7, 11) is 0. The van der Waals surface area contributed by atoms with Gasteiger partial charge in [-0.05, 0) is 24.3 Å². The molecule has 0 N–H and O–H groups in total. The lowest BCUT2D eigenvalue weighted by atomic mass is 10.2. The Balaban J connectivity index is 1.72. The van der Waals surface area contributed by atoms with Crippen molar-refractivity contribution in [3.63, 3.8) is 0 Å². The molecule has 1 aromatic carbocycles. The average Bonchev–Trinajstić information content (AvgIpc) is 2.55. The Bertz CT molecular complexity index is 788. The van der Waals surface area contributed by atoms with Crippen molar-refractivity contribution < 1.29 is 13.2 Å². The molecule has 116 valence electrons. The summed E-state index contributed by atoms with van der Waals surface area (Å²) in [5.41, 5.74) is 1.10. The molecule has 0 aliphatic heterocycles. The van der Waals surface area contributed by atoms with Gasteiger partial charge in [0, 0.05) is 29.6 Å². The van der Waals surface area contributed by atoms with Crippen molar-refractivity contribution in [3.05, 3.63) is 71.7 Å². The van der Waals surface area contributed by atoms with Crippen LogP contribution in [0.2, 0.25) is 0 Å². The molecule has 0 aliphatic rings. The van der Waals surface area contributed by atoms with E-state index in [1.165, 1.54) is 0 Å². The molecule has 0 fully saturated rings. The van der Waals surface area contributed by atoms with Crippen LogP contribution in [0.15, 0.2) is 53.7 Å². The van der Waals surface area contributed by atoms with Gasteiger partial charge in [0.15, 0.2) is 0 Å². The van der Waals surface area contributed by atoms with Gasteiger partial charge in [-0.3, -0.25) is 4.98 Å². The standard InChI is InChI=1S/C16H10F3N3S/c17-10-7-12(18)11(13(19)8-10)9-23-16-5-4-15(21-22-16)14-3-1-2-6-20-14/h1-8H,9H2. The number of nitrogens with zero attached hydrogens (tertiary/aromatic N) is 3. The first-order valence-electron chi connectivity index (χ1n) is 6.65. The lowest BCUT2D eigenvalue weighted by Gasteiger charge is -2.05. The summed E-state index contributed by atoms with van der Waals surface area (Å²) in [4.78, 5) is 4.16. The molecule has 0 radical (unpaired) electrons. The molecule has 2 heterocycles. The number of hydrogen-bond acceptors (Lipinski definition) is 4. The van der Waals surface area contributed by atoms with Crippen LogP contribution in [0.5, 0.6) is 0 Å². The third-order valence-corrected chi connectivity index (χ3v) is 3.98. The minimum absolute atomic E-state index is 0.00440. The summed E-state index contributed by atoms with van der Waals surface area (Å²) in [6.45, 7) is 0. The summed E-state index contributed by atoms with van der Waals surface area (Å²) in [6, 6.07) is 10.2. The van der Waals surface area contributed by atoms with Gasteiger partial charge < -0.3 is 0 Å². The van der Waals surface area contributed by atoms with E-state index in [1.54, 1.807) is 30.5 Å². The largest absolute Gasteiger partial charge is 0.255 e. The first-order valence-corrected chi connectivity index (χ1v) is 7.63. The molecule has 0 bridgehead atoms. The molecule has 3 aromatic rings. The normalized spacial score (nSPS) is 10.7. The topological polar surface area (TPSA) is 38.7 Å². The molecule has 0 spiro atoms. The molecule has 0 saturated heterocycles. The number of aromatic nitrogens is 3. The monoisotopic (exact) mass is 333 g/mol. The van der Waals surface area contributed by atoms with Crippen molar-refractivity contribution in [2.24, 2.45) is 0 Å². The summed E-state index contributed by atoms with van der Waals surface area (Å²) in [6.07, 6.45) is 1.65. The Morgan fingerprint density at radius 3 is 2.26 bits per heavy atom. The van der Waals surface area contributed by atoms with E-state index in [1.807, 2.05) is 6.07 Å². The van der Waals surface area contributed by atoms with Gasteiger partial charge in [0.1, 0.15) is 28.2 Å². The number of rotatable bonds is 4. The first kappa shape index (κ1) is 15.5. The van der Waals surface area contributed by atoms with E-state index in [9.17, 15) is 13.2 Å². The Labute approximate surface area is 134 Å². The molecule has 0 atom stereocenters. The third kappa shape index (κ3) is 3.68. The second-order valence-electron chi connectivity index (χ2n) is 4.61. The molecule has 3 nitrogen and oxygen atoms in total. The predicted octanol–water partition coefficient (Wildman–Crippen LogP) is 4.25. The van der Waals surface area contributed by atoms with E-state index in [-0.39, 0.29) is 11.3 Å². The van der Waals surface area contributed by atoms with Gasteiger partial charge in [-0.15, -0.1) is 10.2 Å². The van der Waals surface area contributed by atoms with Crippen LogP contribution in [0.3, 0.4) is 0 Å². The van der Waals surface area contributed by atoms with Crippen molar-refractivity contribution in [1.82, 2.24) is 15.2 Å². The number of thioether (sulfide) groups is 1. The second-order valence-corrected chi connectivity index (χ2v) is 5.60. The maximum Gasteiger partial charge on any atom is 0.133 e. The van der Waals surface area contributed by atoms with Crippen LogP contribution in [-0.2, 0) is 5.75 Å². The van der Waals surface area contributed by atoms with E-state index in [4.69, 9.17) is 0 Å². The molecule has 0 unspecified atom stereocenters. The van der Waals surface area contributed by atoms with Crippen LogP contribution in [0.1, 0.15) is 5.56 Å². The van der Waals surface area contributed by atoms with Crippen LogP contribution in [0.25, 0.3) is 11.4 Å².